The summed E-state index contributed by atoms with van der Waals surface area (Å²) in [6.45, 7) is 0.615. The molecule has 0 atom stereocenters. The molecule has 1 aliphatic heterocycles. The Morgan fingerprint density at radius 1 is 1.10 bits per heavy atom. The molecule has 3 nitrogen and oxygen atoms in total. The van der Waals surface area contributed by atoms with Crippen molar-refractivity contribution >= 4 is 11.6 Å². The molecule has 1 amide bonds. The Bertz CT molecular complexity index is 686. The van der Waals surface area contributed by atoms with E-state index in [0.29, 0.717) is 12.2 Å². The zero-order valence-electron chi connectivity index (χ0n) is 10.5. The lowest BCUT2D eigenvalue weighted by molar-refractivity contribution is 0.102. The topological polar surface area (TPSA) is 38.3 Å². The van der Waals surface area contributed by atoms with Gasteiger partial charge in [-0.2, -0.15) is 0 Å². The maximum absolute atomic E-state index is 13.1. The van der Waals surface area contributed by atoms with E-state index in [-0.39, 0.29) is 11.6 Å². The van der Waals surface area contributed by atoms with Gasteiger partial charge in [-0.1, -0.05) is 0 Å². The number of carbonyl (C=O) groups is 1. The molecule has 0 aromatic heterocycles. The number of anilines is 1. The van der Waals surface area contributed by atoms with Crippen molar-refractivity contribution in [3.8, 4) is 5.75 Å². The number of amides is 1. The van der Waals surface area contributed by atoms with Crippen LogP contribution in [0.25, 0.3) is 0 Å². The average molecular weight is 275 g/mol. The van der Waals surface area contributed by atoms with Gasteiger partial charge in [0, 0.05) is 23.7 Å². The van der Waals surface area contributed by atoms with E-state index in [4.69, 9.17) is 4.74 Å². The second-order valence-corrected chi connectivity index (χ2v) is 4.50. The molecule has 1 aliphatic rings. The standard InChI is InChI=1S/C15H11F2NO2/c16-12-3-2-11(8-13(12)17)18-15(19)10-1-4-14-9(7-10)5-6-20-14/h1-4,7-8H,5-6H2,(H,18,19). The fraction of sp³-hybridized carbons (Fsp3) is 0.133. The number of fused-ring (bicyclic) bond motifs is 1. The summed E-state index contributed by atoms with van der Waals surface area (Å²) in [5.41, 5.74) is 1.65. The molecule has 0 saturated carbocycles. The van der Waals surface area contributed by atoms with Gasteiger partial charge in [0.1, 0.15) is 5.75 Å². The van der Waals surface area contributed by atoms with E-state index in [0.717, 1.165) is 29.9 Å². The monoisotopic (exact) mass is 275 g/mol. The Hall–Kier alpha value is -2.43. The van der Waals surface area contributed by atoms with Gasteiger partial charge in [0.15, 0.2) is 11.6 Å². The van der Waals surface area contributed by atoms with Crippen LogP contribution in [0.1, 0.15) is 15.9 Å². The smallest absolute Gasteiger partial charge is 0.255 e. The van der Waals surface area contributed by atoms with Gasteiger partial charge in [-0.3, -0.25) is 4.79 Å². The molecule has 0 fully saturated rings. The SMILES string of the molecule is O=C(Nc1ccc(F)c(F)c1)c1ccc2c(c1)CCO2. The van der Waals surface area contributed by atoms with Crippen LogP contribution in [0.3, 0.4) is 0 Å². The molecule has 0 unspecified atom stereocenters. The minimum absolute atomic E-state index is 0.214. The third kappa shape index (κ3) is 2.34. The fourth-order valence-corrected chi connectivity index (χ4v) is 2.10. The molecule has 2 aromatic carbocycles. The summed E-state index contributed by atoms with van der Waals surface area (Å²) >= 11 is 0. The molecule has 0 aliphatic carbocycles. The molecule has 0 radical (unpaired) electrons. The van der Waals surface area contributed by atoms with E-state index in [1.54, 1.807) is 18.2 Å². The lowest BCUT2D eigenvalue weighted by Crippen LogP contribution is -2.12. The number of halogens is 2. The molecule has 0 saturated heterocycles. The van der Waals surface area contributed by atoms with Crippen LogP contribution in [0.2, 0.25) is 0 Å². The molecular weight excluding hydrogens is 264 g/mol. The lowest BCUT2D eigenvalue weighted by Gasteiger charge is -2.07. The molecular formula is C15H11F2NO2. The van der Waals surface area contributed by atoms with Gasteiger partial charge in [-0.05, 0) is 35.9 Å². The zero-order valence-corrected chi connectivity index (χ0v) is 10.5. The molecule has 2 aromatic rings. The van der Waals surface area contributed by atoms with Crippen molar-refractivity contribution in [3.05, 3.63) is 59.2 Å². The van der Waals surface area contributed by atoms with Gasteiger partial charge in [-0.25, -0.2) is 8.78 Å². The van der Waals surface area contributed by atoms with Crippen molar-refractivity contribution in [2.45, 2.75) is 6.42 Å². The maximum atomic E-state index is 13.1. The van der Waals surface area contributed by atoms with Crippen LogP contribution in [0.15, 0.2) is 36.4 Å². The van der Waals surface area contributed by atoms with Gasteiger partial charge in [-0.15, -0.1) is 0 Å². The highest BCUT2D eigenvalue weighted by atomic mass is 19.2. The normalized spacial score (nSPS) is 12.7. The van der Waals surface area contributed by atoms with Crippen LogP contribution in [0, 0.1) is 11.6 Å². The van der Waals surface area contributed by atoms with Crippen molar-refractivity contribution in [1.82, 2.24) is 0 Å². The summed E-state index contributed by atoms with van der Waals surface area (Å²) in [5, 5.41) is 2.53. The van der Waals surface area contributed by atoms with E-state index in [9.17, 15) is 13.6 Å². The average Bonchev–Trinajstić information content (AvgIpc) is 2.90. The predicted octanol–water partition coefficient (Wildman–Crippen LogP) is 3.15. The van der Waals surface area contributed by atoms with Crippen LogP contribution < -0.4 is 10.1 Å². The summed E-state index contributed by atoms with van der Waals surface area (Å²) in [7, 11) is 0. The van der Waals surface area contributed by atoms with Crippen molar-refractivity contribution in [3.63, 3.8) is 0 Å². The van der Waals surface area contributed by atoms with Crippen LogP contribution in [-0.4, -0.2) is 12.5 Å². The number of benzene rings is 2. The second-order valence-electron chi connectivity index (χ2n) is 4.50. The quantitative estimate of drug-likeness (QED) is 0.914. The van der Waals surface area contributed by atoms with E-state index < -0.39 is 11.6 Å². The molecule has 1 heterocycles. The van der Waals surface area contributed by atoms with E-state index in [1.165, 1.54) is 6.07 Å². The van der Waals surface area contributed by atoms with Gasteiger partial charge < -0.3 is 10.1 Å². The highest BCUT2D eigenvalue weighted by Gasteiger charge is 2.15. The van der Waals surface area contributed by atoms with Gasteiger partial charge in [0.2, 0.25) is 0 Å². The van der Waals surface area contributed by atoms with E-state index in [2.05, 4.69) is 5.32 Å². The summed E-state index contributed by atoms with van der Waals surface area (Å²) in [6.07, 6.45) is 0.766. The maximum Gasteiger partial charge on any atom is 0.255 e. The second kappa shape index (κ2) is 4.92. The molecule has 1 N–H and O–H groups in total. The van der Waals surface area contributed by atoms with E-state index >= 15 is 0 Å². The Labute approximate surface area is 114 Å². The number of carbonyl (C=O) groups excluding carboxylic acids is 1. The summed E-state index contributed by atoms with van der Waals surface area (Å²) in [6, 6.07) is 8.36. The first-order valence-electron chi connectivity index (χ1n) is 6.15. The Balaban J connectivity index is 1.80. The summed E-state index contributed by atoms with van der Waals surface area (Å²) < 4.78 is 31.2. The van der Waals surface area contributed by atoms with Crippen molar-refractivity contribution in [2.75, 3.05) is 11.9 Å². The fourth-order valence-electron chi connectivity index (χ4n) is 2.10. The summed E-state index contributed by atoms with van der Waals surface area (Å²) in [4.78, 5) is 12.0. The van der Waals surface area contributed by atoms with Crippen LogP contribution in [0.4, 0.5) is 14.5 Å². The zero-order chi connectivity index (χ0) is 14.1. The summed E-state index contributed by atoms with van der Waals surface area (Å²) in [5.74, 6) is -1.53. The van der Waals surface area contributed by atoms with Gasteiger partial charge >= 0.3 is 0 Å². The minimum Gasteiger partial charge on any atom is -0.493 e. The third-order valence-electron chi connectivity index (χ3n) is 3.13. The van der Waals surface area contributed by atoms with Crippen LogP contribution in [0.5, 0.6) is 5.75 Å². The van der Waals surface area contributed by atoms with Crippen LogP contribution >= 0.6 is 0 Å². The van der Waals surface area contributed by atoms with Crippen molar-refractivity contribution in [1.29, 1.82) is 0 Å². The number of nitrogens with one attached hydrogen (secondary N) is 1. The van der Waals surface area contributed by atoms with Crippen molar-refractivity contribution in [2.24, 2.45) is 0 Å². The lowest BCUT2D eigenvalue weighted by atomic mass is 10.1. The number of hydrogen-bond acceptors (Lipinski definition) is 2. The third-order valence-corrected chi connectivity index (χ3v) is 3.13. The molecule has 0 spiro atoms. The van der Waals surface area contributed by atoms with Gasteiger partial charge in [0.05, 0.1) is 6.61 Å². The Kier molecular flexibility index (Phi) is 3.10. The number of rotatable bonds is 2. The predicted molar refractivity (Wildman–Crippen MR) is 70.0 cm³/mol. The van der Waals surface area contributed by atoms with Gasteiger partial charge in [0.25, 0.3) is 5.91 Å². The van der Waals surface area contributed by atoms with Crippen LogP contribution in [-0.2, 0) is 6.42 Å². The minimum atomic E-state index is -0.995. The first-order valence-corrected chi connectivity index (χ1v) is 6.15. The first kappa shape index (κ1) is 12.6. The number of hydrogen-bond donors (Lipinski definition) is 1. The molecule has 3 rings (SSSR count). The molecule has 5 heteroatoms. The Morgan fingerprint density at radius 2 is 1.95 bits per heavy atom. The highest BCUT2D eigenvalue weighted by molar-refractivity contribution is 6.04. The number of ether oxygens (including phenoxy) is 1. The molecule has 0 bridgehead atoms. The Morgan fingerprint density at radius 3 is 2.75 bits per heavy atom. The van der Waals surface area contributed by atoms with E-state index in [1.807, 2.05) is 0 Å². The molecule has 20 heavy (non-hydrogen) atoms. The highest BCUT2D eigenvalue weighted by Crippen LogP contribution is 2.26. The largest absolute Gasteiger partial charge is 0.493 e. The van der Waals surface area contributed by atoms with Crippen molar-refractivity contribution < 1.29 is 18.3 Å². The first-order chi connectivity index (χ1) is 9.63. The molecule has 102 valence electrons.